The summed E-state index contributed by atoms with van der Waals surface area (Å²) >= 11 is 9.28. The Bertz CT molecular complexity index is 424. The van der Waals surface area contributed by atoms with Gasteiger partial charge in [-0.05, 0) is 25.1 Å². The summed E-state index contributed by atoms with van der Waals surface area (Å²) in [7, 11) is 3.03. The quantitative estimate of drug-likeness (QED) is 0.841. The number of benzene rings is 1. The molecule has 0 aliphatic heterocycles. The number of carbonyl (C=O) groups is 1. The van der Waals surface area contributed by atoms with Gasteiger partial charge in [-0.3, -0.25) is 4.79 Å². The van der Waals surface area contributed by atoms with Gasteiger partial charge >= 0.3 is 0 Å². The summed E-state index contributed by atoms with van der Waals surface area (Å²) in [6.45, 7) is 1.79. The summed E-state index contributed by atoms with van der Waals surface area (Å²) in [5.74, 6) is -0.270. The lowest BCUT2D eigenvalue weighted by Crippen LogP contribution is -2.43. The molecule has 0 spiro atoms. The highest BCUT2D eigenvalue weighted by atomic mass is 79.9. The van der Waals surface area contributed by atoms with Gasteiger partial charge in [0.15, 0.2) is 6.29 Å². The van der Waals surface area contributed by atoms with Gasteiger partial charge in [-0.25, -0.2) is 0 Å². The highest BCUT2D eigenvalue weighted by Crippen LogP contribution is 2.21. The fraction of sp³-hybridized carbons (Fsp3) is 0.417. The number of halogens is 2. The number of methoxy groups -OCH3 is 2. The van der Waals surface area contributed by atoms with Gasteiger partial charge in [0, 0.05) is 18.7 Å². The average molecular weight is 337 g/mol. The standard InChI is InChI=1S/C12H15BrClNO3/c1-7(12(17-2)18-3)15-11(16)9-6-8(13)4-5-10(9)14/h4-7,12H,1-3H3,(H,15,16). The van der Waals surface area contributed by atoms with E-state index in [1.54, 1.807) is 25.1 Å². The normalized spacial score (nSPS) is 12.6. The minimum absolute atomic E-state index is 0.270. The molecule has 6 heteroatoms. The zero-order valence-corrected chi connectivity index (χ0v) is 12.7. The van der Waals surface area contributed by atoms with E-state index in [1.165, 1.54) is 14.2 Å². The molecule has 100 valence electrons. The molecule has 1 rings (SSSR count). The SMILES string of the molecule is COC(OC)C(C)NC(=O)c1cc(Br)ccc1Cl. The minimum atomic E-state index is -0.500. The average Bonchev–Trinajstić information content (AvgIpc) is 2.33. The summed E-state index contributed by atoms with van der Waals surface area (Å²) < 4.78 is 10.9. The first-order valence-electron chi connectivity index (χ1n) is 5.31. The summed E-state index contributed by atoms with van der Waals surface area (Å²) in [6.07, 6.45) is -0.500. The molecule has 18 heavy (non-hydrogen) atoms. The molecular formula is C12H15BrClNO3. The molecule has 0 heterocycles. The van der Waals surface area contributed by atoms with E-state index in [1.807, 2.05) is 0 Å². The second-order valence-corrected chi connectivity index (χ2v) is 5.05. The van der Waals surface area contributed by atoms with Crippen LogP contribution >= 0.6 is 27.5 Å². The van der Waals surface area contributed by atoms with E-state index < -0.39 is 6.29 Å². The van der Waals surface area contributed by atoms with Crippen LogP contribution in [-0.2, 0) is 9.47 Å². The van der Waals surface area contributed by atoms with Gasteiger partial charge in [-0.15, -0.1) is 0 Å². The maximum atomic E-state index is 12.0. The lowest BCUT2D eigenvalue weighted by molar-refractivity contribution is -0.117. The van der Waals surface area contributed by atoms with Gasteiger partial charge in [0.05, 0.1) is 16.6 Å². The highest BCUT2D eigenvalue weighted by Gasteiger charge is 2.20. The summed E-state index contributed by atoms with van der Waals surface area (Å²) in [6, 6.07) is 4.81. The Morgan fingerprint density at radius 1 is 1.39 bits per heavy atom. The fourth-order valence-electron chi connectivity index (χ4n) is 1.53. The molecule has 0 saturated carbocycles. The summed E-state index contributed by atoms with van der Waals surface area (Å²) in [4.78, 5) is 12.0. The van der Waals surface area contributed by atoms with Crippen LogP contribution in [-0.4, -0.2) is 32.5 Å². The largest absolute Gasteiger partial charge is 0.354 e. The van der Waals surface area contributed by atoms with Gasteiger partial charge in [0.2, 0.25) is 0 Å². The molecule has 0 aromatic heterocycles. The number of carbonyl (C=O) groups excluding carboxylic acids is 1. The van der Waals surface area contributed by atoms with Crippen molar-refractivity contribution >= 4 is 33.4 Å². The van der Waals surface area contributed by atoms with Gasteiger partial charge < -0.3 is 14.8 Å². The first-order chi connectivity index (χ1) is 8.49. The third-order valence-corrected chi connectivity index (χ3v) is 3.23. The van der Waals surface area contributed by atoms with Gasteiger partial charge in [-0.1, -0.05) is 27.5 Å². The summed E-state index contributed by atoms with van der Waals surface area (Å²) in [5.41, 5.74) is 0.406. The van der Waals surface area contributed by atoms with Crippen LogP contribution in [0.5, 0.6) is 0 Å². The monoisotopic (exact) mass is 335 g/mol. The van der Waals surface area contributed by atoms with E-state index in [0.29, 0.717) is 10.6 Å². The Hall–Kier alpha value is -0.620. The predicted octanol–water partition coefficient (Wildman–Crippen LogP) is 2.84. The van der Waals surface area contributed by atoms with E-state index in [0.717, 1.165) is 4.47 Å². The van der Waals surface area contributed by atoms with Gasteiger partial charge in [0.25, 0.3) is 5.91 Å². The van der Waals surface area contributed by atoms with Crippen molar-refractivity contribution < 1.29 is 14.3 Å². The van der Waals surface area contributed by atoms with Crippen molar-refractivity contribution in [3.63, 3.8) is 0 Å². The molecule has 0 aliphatic carbocycles. The predicted molar refractivity (Wildman–Crippen MR) is 73.9 cm³/mol. The van der Waals surface area contributed by atoms with Crippen LogP contribution in [0.3, 0.4) is 0 Å². The lowest BCUT2D eigenvalue weighted by Gasteiger charge is -2.22. The number of hydrogen-bond acceptors (Lipinski definition) is 3. The van der Waals surface area contributed by atoms with Crippen LogP contribution in [0.1, 0.15) is 17.3 Å². The highest BCUT2D eigenvalue weighted by molar-refractivity contribution is 9.10. The van der Waals surface area contributed by atoms with Crippen molar-refractivity contribution in [3.8, 4) is 0 Å². The second-order valence-electron chi connectivity index (χ2n) is 3.73. The first-order valence-corrected chi connectivity index (χ1v) is 6.48. The molecule has 0 saturated heterocycles. The van der Waals surface area contributed by atoms with Crippen LogP contribution < -0.4 is 5.32 Å². The van der Waals surface area contributed by atoms with Crippen molar-refractivity contribution in [2.24, 2.45) is 0 Å². The molecule has 0 aliphatic rings. The Morgan fingerprint density at radius 2 is 2.00 bits per heavy atom. The van der Waals surface area contributed by atoms with E-state index in [2.05, 4.69) is 21.2 Å². The molecule has 1 unspecified atom stereocenters. The maximum absolute atomic E-state index is 12.0. The van der Waals surface area contributed by atoms with E-state index in [-0.39, 0.29) is 11.9 Å². The summed E-state index contributed by atoms with van der Waals surface area (Å²) in [5, 5.41) is 3.17. The first kappa shape index (κ1) is 15.4. The number of nitrogens with one attached hydrogen (secondary N) is 1. The molecule has 0 bridgehead atoms. The van der Waals surface area contributed by atoms with Crippen molar-refractivity contribution in [2.75, 3.05) is 14.2 Å². The number of amides is 1. The smallest absolute Gasteiger partial charge is 0.253 e. The minimum Gasteiger partial charge on any atom is -0.354 e. The van der Waals surface area contributed by atoms with Crippen molar-refractivity contribution in [1.29, 1.82) is 0 Å². The van der Waals surface area contributed by atoms with E-state index in [9.17, 15) is 4.79 Å². The molecule has 0 fully saturated rings. The Labute approximate surface area is 120 Å². The van der Waals surface area contributed by atoms with Crippen LogP contribution in [0.2, 0.25) is 5.02 Å². The second kappa shape index (κ2) is 7.09. The fourth-order valence-corrected chi connectivity index (χ4v) is 2.09. The van der Waals surface area contributed by atoms with Crippen LogP contribution in [0.25, 0.3) is 0 Å². The zero-order valence-electron chi connectivity index (χ0n) is 10.4. The Kier molecular flexibility index (Phi) is 6.08. The topological polar surface area (TPSA) is 47.6 Å². The zero-order chi connectivity index (χ0) is 13.7. The van der Waals surface area contributed by atoms with E-state index >= 15 is 0 Å². The number of hydrogen-bond donors (Lipinski definition) is 1. The number of rotatable bonds is 5. The number of ether oxygens (including phenoxy) is 2. The van der Waals surface area contributed by atoms with Crippen molar-refractivity contribution in [3.05, 3.63) is 33.3 Å². The maximum Gasteiger partial charge on any atom is 0.253 e. The van der Waals surface area contributed by atoms with Crippen LogP contribution in [0, 0.1) is 0 Å². The van der Waals surface area contributed by atoms with Crippen LogP contribution in [0.15, 0.2) is 22.7 Å². The molecule has 0 radical (unpaired) electrons. The van der Waals surface area contributed by atoms with Crippen molar-refractivity contribution in [2.45, 2.75) is 19.3 Å². The third kappa shape index (κ3) is 3.95. The lowest BCUT2D eigenvalue weighted by atomic mass is 10.2. The molecule has 1 atom stereocenters. The third-order valence-electron chi connectivity index (χ3n) is 2.40. The van der Waals surface area contributed by atoms with Gasteiger partial charge in [0.1, 0.15) is 0 Å². The molecule has 1 amide bonds. The molecular weight excluding hydrogens is 321 g/mol. The van der Waals surface area contributed by atoms with Crippen molar-refractivity contribution in [1.82, 2.24) is 5.32 Å². The molecule has 4 nitrogen and oxygen atoms in total. The van der Waals surface area contributed by atoms with Crippen LogP contribution in [0.4, 0.5) is 0 Å². The Balaban J connectivity index is 2.79. The van der Waals surface area contributed by atoms with E-state index in [4.69, 9.17) is 21.1 Å². The molecule has 1 aromatic carbocycles. The molecule has 1 aromatic rings. The van der Waals surface area contributed by atoms with Gasteiger partial charge in [-0.2, -0.15) is 0 Å². The molecule has 1 N–H and O–H groups in total. The Morgan fingerprint density at radius 3 is 2.56 bits per heavy atom.